The number of hydrogen-bond acceptors (Lipinski definition) is 1. The lowest BCUT2D eigenvalue weighted by atomic mass is 10.1. The van der Waals surface area contributed by atoms with Crippen LogP contribution in [-0.4, -0.2) is 16.3 Å². The van der Waals surface area contributed by atoms with Gasteiger partial charge in [0.1, 0.15) is 0 Å². The van der Waals surface area contributed by atoms with Gasteiger partial charge in [-0.15, -0.1) is 0 Å². The summed E-state index contributed by atoms with van der Waals surface area (Å²) >= 11 is 0. The van der Waals surface area contributed by atoms with E-state index in [2.05, 4.69) is 66.1 Å². The zero-order valence-corrected chi connectivity index (χ0v) is 12.4. The van der Waals surface area contributed by atoms with Crippen molar-refractivity contribution < 1.29 is 5.11 Å². The molecule has 1 aromatic heterocycles. The molecular formula is C19H21NO. The number of fused-ring (bicyclic) bond motifs is 1. The molecule has 1 heterocycles. The van der Waals surface area contributed by atoms with Crippen molar-refractivity contribution in [3.05, 3.63) is 60.7 Å². The summed E-state index contributed by atoms with van der Waals surface area (Å²) in [7, 11) is 0. The van der Waals surface area contributed by atoms with Crippen LogP contribution in [0.15, 0.2) is 60.7 Å². The normalized spacial score (nSPS) is 12.7. The Hall–Kier alpha value is -2.06. The van der Waals surface area contributed by atoms with Gasteiger partial charge in [0.2, 0.25) is 0 Å². The molecule has 1 N–H and O–H groups in total. The molecule has 2 heteroatoms. The Labute approximate surface area is 125 Å². The van der Waals surface area contributed by atoms with E-state index < -0.39 is 0 Å². The van der Waals surface area contributed by atoms with Crippen LogP contribution in [0.25, 0.3) is 22.2 Å². The van der Waals surface area contributed by atoms with Crippen LogP contribution in [0.4, 0.5) is 0 Å². The lowest BCUT2D eigenvalue weighted by Crippen LogP contribution is -2.14. The van der Waals surface area contributed by atoms with Crippen molar-refractivity contribution in [1.29, 1.82) is 0 Å². The first-order chi connectivity index (χ1) is 10.3. The van der Waals surface area contributed by atoms with E-state index in [9.17, 15) is 5.11 Å². The number of rotatable bonds is 5. The molecule has 2 aromatic carbocycles. The van der Waals surface area contributed by atoms with E-state index in [1.54, 1.807) is 0 Å². The van der Waals surface area contributed by atoms with E-state index in [4.69, 9.17) is 0 Å². The SMILES string of the molecule is CCCC(CO)n1c(-c2ccccc2)cc2ccccc21. The Morgan fingerprint density at radius 1 is 1.00 bits per heavy atom. The van der Waals surface area contributed by atoms with Crippen molar-refractivity contribution in [1.82, 2.24) is 4.57 Å². The minimum absolute atomic E-state index is 0.130. The van der Waals surface area contributed by atoms with Gasteiger partial charge < -0.3 is 9.67 Å². The maximum atomic E-state index is 9.84. The summed E-state index contributed by atoms with van der Waals surface area (Å²) in [5.41, 5.74) is 3.58. The number of aromatic nitrogens is 1. The predicted molar refractivity (Wildman–Crippen MR) is 88.4 cm³/mol. The first-order valence-corrected chi connectivity index (χ1v) is 7.61. The second-order valence-corrected chi connectivity index (χ2v) is 5.45. The average molecular weight is 279 g/mol. The highest BCUT2D eigenvalue weighted by molar-refractivity contribution is 5.87. The van der Waals surface area contributed by atoms with Gasteiger partial charge >= 0.3 is 0 Å². The molecule has 21 heavy (non-hydrogen) atoms. The van der Waals surface area contributed by atoms with E-state index in [1.165, 1.54) is 22.2 Å². The van der Waals surface area contributed by atoms with E-state index >= 15 is 0 Å². The zero-order valence-electron chi connectivity index (χ0n) is 12.4. The highest BCUT2D eigenvalue weighted by atomic mass is 16.3. The van der Waals surface area contributed by atoms with Crippen LogP contribution in [0.3, 0.4) is 0 Å². The summed E-state index contributed by atoms with van der Waals surface area (Å²) in [6.45, 7) is 2.34. The van der Waals surface area contributed by atoms with Crippen LogP contribution < -0.4 is 0 Å². The quantitative estimate of drug-likeness (QED) is 0.723. The molecule has 2 nitrogen and oxygen atoms in total. The van der Waals surface area contributed by atoms with Crippen LogP contribution in [0.1, 0.15) is 25.8 Å². The third-order valence-electron chi connectivity index (χ3n) is 4.02. The smallest absolute Gasteiger partial charge is 0.0639 e. The zero-order chi connectivity index (χ0) is 14.7. The Balaban J connectivity index is 2.23. The van der Waals surface area contributed by atoms with Gasteiger partial charge in [-0.1, -0.05) is 61.9 Å². The molecule has 0 amide bonds. The molecule has 0 aliphatic carbocycles. The highest BCUT2D eigenvalue weighted by Gasteiger charge is 2.17. The number of hydrogen-bond donors (Lipinski definition) is 1. The second kappa shape index (κ2) is 6.15. The number of aliphatic hydroxyl groups is 1. The summed E-state index contributed by atoms with van der Waals surface area (Å²) in [6.07, 6.45) is 2.04. The van der Waals surface area contributed by atoms with E-state index in [0.717, 1.165) is 12.8 Å². The summed E-state index contributed by atoms with van der Waals surface area (Å²) in [5.74, 6) is 0. The Morgan fingerprint density at radius 3 is 2.43 bits per heavy atom. The van der Waals surface area contributed by atoms with Crippen LogP contribution in [0.5, 0.6) is 0 Å². The maximum Gasteiger partial charge on any atom is 0.0639 e. The van der Waals surface area contributed by atoms with E-state index in [0.29, 0.717) is 0 Å². The standard InChI is InChI=1S/C19H21NO/c1-2-8-17(14-21)20-18-12-7-6-11-16(18)13-19(20)15-9-4-3-5-10-15/h3-7,9-13,17,21H,2,8,14H2,1H3. The molecule has 0 saturated carbocycles. The number of nitrogens with zero attached hydrogens (tertiary/aromatic N) is 1. The summed E-state index contributed by atoms with van der Waals surface area (Å²) in [4.78, 5) is 0. The number of benzene rings is 2. The molecule has 0 radical (unpaired) electrons. The molecule has 3 aromatic rings. The van der Waals surface area contributed by atoms with Crippen LogP contribution in [0, 0.1) is 0 Å². The lowest BCUT2D eigenvalue weighted by Gasteiger charge is -2.20. The molecule has 1 atom stereocenters. The summed E-state index contributed by atoms with van der Waals surface area (Å²) in [6, 6.07) is 21.2. The Bertz CT molecular complexity index is 715. The van der Waals surface area contributed by atoms with Crippen LogP contribution in [-0.2, 0) is 0 Å². The van der Waals surface area contributed by atoms with Crippen LogP contribution >= 0.6 is 0 Å². The van der Waals surface area contributed by atoms with Crippen molar-refractivity contribution in [3.63, 3.8) is 0 Å². The topological polar surface area (TPSA) is 25.2 Å². The van der Waals surface area contributed by atoms with Gasteiger partial charge in [-0.2, -0.15) is 0 Å². The number of aliphatic hydroxyl groups excluding tert-OH is 1. The molecule has 3 rings (SSSR count). The Morgan fingerprint density at radius 2 is 1.71 bits per heavy atom. The Kier molecular flexibility index (Phi) is 4.07. The second-order valence-electron chi connectivity index (χ2n) is 5.45. The molecule has 108 valence electrons. The van der Waals surface area contributed by atoms with Gasteiger partial charge in [0.25, 0.3) is 0 Å². The number of para-hydroxylation sites is 1. The summed E-state index contributed by atoms with van der Waals surface area (Å²) < 4.78 is 2.30. The van der Waals surface area contributed by atoms with E-state index in [-0.39, 0.29) is 12.6 Å². The van der Waals surface area contributed by atoms with Gasteiger partial charge in [-0.25, -0.2) is 0 Å². The third-order valence-corrected chi connectivity index (χ3v) is 4.02. The highest BCUT2D eigenvalue weighted by Crippen LogP contribution is 2.32. The summed E-state index contributed by atoms with van der Waals surface area (Å²) in [5, 5.41) is 11.1. The molecule has 0 saturated heterocycles. The van der Waals surface area contributed by atoms with Crippen LogP contribution in [0.2, 0.25) is 0 Å². The first kappa shape index (κ1) is 13.9. The predicted octanol–water partition coefficient (Wildman–Crippen LogP) is 4.64. The molecule has 0 bridgehead atoms. The van der Waals surface area contributed by atoms with Crippen molar-refractivity contribution in [2.75, 3.05) is 6.61 Å². The minimum Gasteiger partial charge on any atom is -0.394 e. The maximum absolute atomic E-state index is 9.84. The lowest BCUT2D eigenvalue weighted by molar-refractivity contribution is 0.224. The molecule has 0 aliphatic heterocycles. The monoisotopic (exact) mass is 279 g/mol. The van der Waals surface area contributed by atoms with Gasteiger partial charge in [-0.3, -0.25) is 0 Å². The molecule has 0 spiro atoms. The molecule has 1 unspecified atom stereocenters. The molecule has 0 aliphatic rings. The fraction of sp³-hybridized carbons (Fsp3) is 0.263. The van der Waals surface area contributed by atoms with Crippen molar-refractivity contribution in [3.8, 4) is 11.3 Å². The fourth-order valence-corrected chi connectivity index (χ4v) is 3.04. The fourth-order valence-electron chi connectivity index (χ4n) is 3.04. The van der Waals surface area contributed by atoms with Gasteiger partial charge in [0.05, 0.1) is 12.6 Å². The molecule has 0 fully saturated rings. The van der Waals surface area contributed by atoms with Gasteiger partial charge in [-0.05, 0) is 24.1 Å². The average Bonchev–Trinajstić information content (AvgIpc) is 2.93. The van der Waals surface area contributed by atoms with E-state index in [1.807, 2.05) is 6.07 Å². The largest absolute Gasteiger partial charge is 0.394 e. The van der Waals surface area contributed by atoms with Crippen molar-refractivity contribution >= 4 is 10.9 Å². The van der Waals surface area contributed by atoms with Crippen molar-refractivity contribution in [2.24, 2.45) is 0 Å². The van der Waals surface area contributed by atoms with Crippen molar-refractivity contribution in [2.45, 2.75) is 25.8 Å². The van der Waals surface area contributed by atoms with Gasteiger partial charge in [0, 0.05) is 16.6 Å². The first-order valence-electron chi connectivity index (χ1n) is 7.61. The van der Waals surface area contributed by atoms with Gasteiger partial charge in [0.15, 0.2) is 0 Å². The molecular weight excluding hydrogens is 258 g/mol. The third kappa shape index (κ3) is 2.59. The minimum atomic E-state index is 0.130.